The number of nitrogens with one attached hydrogen (secondary N) is 1. The van der Waals surface area contributed by atoms with Crippen LogP contribution in [0.5, 0.6) is 0 Å². The Morgan fingerprint density at radius 1 is 1.09 bits per heavy atom. The van der Waals surface area contributed by atoms with Crippen molar-refractivity contribution in [3.63, 3.8) is 0 Å². The van der Waals surface area contributed by atoms with Crippen LogP contribution in [0, 0.1) is 26.6 Å². The van der Waals surface area contributed by atoms with Gasteiger partial charge in [0.05, 0.1) is 10.9 Å². The zero-order valence-electron chi connectivity index (χ0n) is 17.9. The van der Waals surface area contributed by atoms with Gasteiger partial charge in [-0.25, -0.2) is 12.8 Å². The third-order valence-corrected chi connectivity index (χ3v) is 8.68. The molecule has 3 aromatic rings. The van der Waals surface area contributed by atoms with Crippen LogP contribution in [-0.4, -0.2) is 35.4 Å². The summed E-state index contributed by atoms with van der Waals surface area (Å²) in [7, 11) is -3.73. The number of hydrogen-bond donors (Lipinski definition) is 1. The molecule has 10 heteroatoms. The molecule has 0 unspecified atom stereocenters. The van der Waals surface area contributed by atoms with E-state index in [2.05, 4.69) is 15.5 Å². The van der Waals surface area contributed by atoms with Crippen molar-refractivity contribution in [2.75, 3.05) is 11.9 Å². The Bertz CT molecular complexity index is 1270. The number of sulfonamides is 1. The standard InChI is InChI=1S/C22H23FN4O3S2/c1-13-11-15(3)19(12-14(13)2)32(29,30)27-10-4-5-18(27)21-25-26-22(31-21)20(28)24-17-8-6-16(23)7-9-17/h6-9,11-12,18H,4-5,10H2,1-3H3,(H,24,28)/t18-/m1/s1. The summed E-state index contributed by atoms with van der Waals surface area (Å²) in [5.41, 5.74) is 3.10. The first-order chi connectivity index (χ1) is 15.2. The van der Waals surface area contributed by atoms with Crippen LogP contribution in [0.15, 0.2) is 41.3 Å². The quantitative estimate of drug-likeness (QED) is 0.592. The third-order valence-electron chi connectivity index (χ3n) is 5.60. The van der Waals surface area contributed by atoms with E-state index in [9.17, 15) is 17.6 Å². The van der Waals surface area contributed by atoms with Gasteiger partial charge in [0.15, 0.2) is 0 Å². The van der Waals surface area contributed by atoms with Crippen molar-refractivity contribution < 1.29 is 17.6 Å². The highest BCUT2D eigenvalue weighted by Crippen LogP contribution is 2.38. The maximum absolute atomic E-state index is 13.5. The summed E-state index contributed by atoms with van der Waals surface area (Å²) >= 11 is 1.07. The average Bonchev–Trinajstić information content (AvgIpc) is 3.42. The molecule has 1 N–H and O–H groups in total. The molecule has 1 saturated heterocycles. The lowest BCUT2D eigenvalue weighted by Gasteiger charge is -2.23. The number of halogens is 1. The van der Waals surface area contributed by atoms with Crippen LogP contribution in [0.1, 0.15) is 50.4 Å². The van der Waals surface area contributed by atoms with Crippen molar-refractivity contribution in [1.29, 1.82) is 0 Å². The molecule has 2 aromatic carbocycles. The van der Waals surface area contributed by atoms with Crippen LogP contribution in [-0.2, 0) is 10.0 Å². The molecule has 1 aliphatic rings. The molecule has 0 aliphatic carbocycles. The van der Waals surface area contributed by atoms with E-state index in [0.29, 0.717) is 40.5 Å². The van der Waals surface area contributed by atoms with Crippen molar-refractivity contribution >= 4 is 33.0 Å². The number of anilines is 1. The Hall–Kier alpha value is -2.69. The lowest BCUT2D eigenvalue weighted by molar-refractivity contribution is 0.102. The van der Waals surface area contributed by atoms with Crippen LogP contribution in [0.3, 0.4) is 0 Å². The van der Waals surface area contributed by atoms with Crippen molar-refractivity contribution in [3.05, 3.63) is 68.9 Å². The highest BCUT2D eigenvalue weighted by molar-refractivity contribution is 7.89. The molecule has 1 aliphatic heterocycles. The van der Waals surface area contributed by atoms with Crippen LogP contribution in [0.2, 0.25) is 0 Å². The van der Waals surface area contributed by atoms with E-state index in [4.69, 9.17) is 0 Å². The lowest BCUT2D eigenvalue weighted by Crippen LogP contribution is -2.31. The topological polar surface area (TPSA) is 92.3 Å². The van der Waals surface area contributed by atoms with E-state index in [1.165, 1.54) is 28.6 Å². The largest absolute Gasteiger partial charge is 0.320 e. The molecule has 32 heavy (non-hydrogen) atoms. The fourth-order valence-electron chi connectivity index (χ4n) is 3.79. The van der Waals surface area contributed by atoms with Crippen LogP contribution < -0.4 is 5.32 Å². The molecule has 1 atom stereocenters. The van der Waals surface area contributed by atoms with Gasteiger partial charge in [-0.3, -0.25) is 4.79 Å². The first-order valence-corrected chi connectivity index (χ1v) is 12.4. The second-order valence-corrected chi connectivity index (χ2v) is 10.8. The van der Waals surface area contributed by atoms with E-state index in [0.717, 1.165) is 22.5 Å². The summed E-state index contributed by atoms with van der Waals surface area (Å²) in [5.74, 6) is -0.875. The first-order valence-electron chi connectivity index (χ1n) is 10.2. The number of benzene rings is 2. The fourth-order valence-corrected chi connectivity index (χ4v) is 6.70. The molecule has 2 heterocycles. The molecular formula is C22H23FN4O3S2. The Morgan fingerprint density at radius 3 is 2.50 bits per heavy atom. The molecule has 168 valence electrons. The highest BCUT2D eigenvalue weighted by atomic mass is 32.2. The molecule has 0 bridgehead atoms. The minimum absolute atomic E-state index is 0.121. The molecule has 0 radical (unpaired) electrons. The van der Waals surface area contributed by atoms with Gasteiger partial charge in [0, 0.05) is 12.2 Å². The predicted octanol–water partition coefficient (Wildman–Crippen LogP) is 4.38. The summed E-state index contributed by atoms with van der Waals surface area (Å²) in [5, 5.41) is 11.3. The number of carbonyl (C=O) groups excluding carboxylic acids is 1. The third kappa shape index (κ3) is 4.30. The van der Waals surface area contributed by atoms with E-state index in [1.807, 2.05) is 19.9 Å². The van der Waals surface area contributed by atoms with Gasteiger partial charge in [-0.15, -0.1) is 10.2 Å². The number of hydrogen-bond acceptors (Lipinski definition) is 6. The first kappa shape index (κ1) is 22.5. The molecule has 4 rings (SSSR count). The number of amides is 1. The Labute approximate surface area is 190 Å². The smallest absolute Gasteiger partial charge is 0.286 e. The number of aromatic nitrogens is 2. The predicted molar refractivity (Wildman–Crippen MR) is 121 cm³/mol. The monoisotopic (exact) mass is 474 g/mol. The molecule has 0 saturated carbocycles. The molecule has 7 nitrogen and oxygen atoms in total. The highest BCUT2D eigenvalue weighted by Gasteiger charge is 2.39. The summed E-state index contributed by atoms with van der Waals surface area (Å²) in [6, 6.07) is 8.53. The van der Waals surface area contributed by atoms with Gasteiger partial charge in [-0.05, 0) is 80.6 Å². The number of carbonyl (C=O) groups is 1. The second-order valence-electron chi connectivity index (χ2n) is 7.88. The van der Waals surface area contributed by atoms with Crippen molar-refractivity contribution in [1.82, 2.24) is 14.5 Å². The van der Waals surface area contributed by atoms with E-state index >= 15 is 0 Å². The van der Waals surface area contributed by atoms with Gasteiger partial charge in [0.25, 0.3) is 5.91 Å². The Kier molecular flexibility index (Phi) is 6.11. The SMILES string of the molecule is Cc1cc(C)c(S(=O)(=O)N2CCC[C@@H]2c2nnc(C(=O)Nc3ccc(F)cc3)s2)cc1C. The minimum Gasteiger partial charge on any atom is -0.320 e. The van der Waals surface area contributed by atoms with Gasteiger partial charge in [-0.2, -0.15) is 4.31 Å². The van der Waals surface area contributed by atoms with Crippen molar-refractivity contribution in [2.24, 2.45) is 0 Å². The lowest BCUT2D eigenvalue weighted by atomic mass is 10.1. The number of rotatable bonds is 5. The minimum atomic E-state index is -3.73. The van der Waals surface area contributed by atoms with E-state index < -0.39 is 27.8 Å². The maximum atomic E-state index is 13.5. The zero-order valence-corrected chi connectivity index (χ0v) is 19.6. The molecular weight excluding hydrogens is 451 g/mol. The maximum Gasteiger partial charge on any atom is 0.286 e. The van der Waals surface area contributed by atoms with E-state index in [-0.39, 0.29) is 5.01 Å². The van der Waals surface area contributed by atoms with Crippen LogP contribution in [0.4, 0.5) is 10.1 Å². The molecule has 0 spiro atoms. The average molecular weight is 475 g/mol. The fraction of sp³-hybridized carbons (Fsp3) is 0.318. The van der Waals surface area contributed by atoms with Gasteiger partial charge in [0.2, 0.25) is 15.0 Å². The molecule has 1 amide bonds. The molecule has 1 fully saturated rings. The second kappa shape index (κ2) is 8.68. The van der Waals surface area contributed by atoms with Crippen molar-refractivity contribution in [3.8, 4) is 0 Å². The van der Waals surface area contributed by atoms with Gasteiger partial charge >= 0.3 is 0 Å². The van der Waals surface area contributed by atoms with Gasteiger partial charge in [0.1, 0.15) is 10.8 Å². The zero-order chi connectivity index (χ0) is 23.0. The normalized spacial score (nSPS) is 16.9. The summed E-state index contributed by atoms with van der Waals surface area (Å²) < 4.78 is 41.5. The van der Waals surface area contributed by atoms with Crippen LogP contribution in [0.25, 0.3) is 0 Å². The summed E-state index contributed by atoms with van der Waals surface area (Å²) in [4.78, 5) is 12.8. The summed E-state index contributed by atoms with van der Waals surface area (Å²) in [6.07, 6.45) is 1.31. The molecule has 1 aromatic heterocycles. The number of nitrogens with zero attached hydrogens (tertiary/aromatic N) is 3. The Balaban J connectivity index is 1.58. The van der Waals surface area contributed by atoms with Gasteiger partial charge in [-0.1, -0.05) is 17.4 Å². The van der Waals surface area contributed by atoms with Crippen LogP contribution >= 0.6 is 11.3 Å². The van der Waals surface area contributed by atoms with Gasteiger partial charge < -0.3 is 5.32 Å². The van der Waals surface area contributed by atoms with Crippen molar-refractivity contribution in [2.45, 2.75) is 44.6 Å². The Morgan fingerprint density at radius 2 is 1.78 bits per heavy atom. The van der Waals surface area contributed by atoms with E-state index in [1.54, 1.807) is 13.0 Å². The number of aryl methyl sites for hydroxylation is 3. The summed E-state index contributed by atoms with van der Waals surface area (Å²) in [6.45, 7) is 6.03.